The van der Waals surface area contributed by atoms with Gasteiger partial charge in [-0.1, -0.05) is 13.0 Å². The summed E-state index contributed by atoms with van der Waals surface area (Å²) in [5.41, 5.74) is 0.865. The average molecular weight is 180 g/mol. The Kier molecular flexibility index (Phi) is 3.86. The van der Waals surface area contributed by atoms with Gasteiger partial charge in [0.2, 0.25) is 0 Å². The van der Waals surface area contributed by atoms with Gasteiger partial charge >= 0.3 is 0 Å². The van der Waals surface area contributed by atoms with Crippen molar-refractivity contribution < 1.29 is 5.11 Å². The number of aliphatic hydroxyl groups is 1. The molecule has 0 aromatic carbocycles. The van der Waals surface area contributed by atoms with Crippen LogP contribution in [0, 0.1) is 0 Å². The van der Waals surface area contributed by atoms with E-state index in [4.69, 9.17) is 0 Å². The van der Waals surface area contributed by atoms with Crippen LogP contribution in [-0.4, -0.2) is 23.2 Å². The minimum Gasteiger partial charge on any atom is -0.387 e. The van der Waals surface area contributed by atoms with Crippen LogP contribution in [-0.2, 0) is 0 Å². The molecule has 1 unspecified atom stereocenters. The molecule has 0 bridgehead atoms. The molecule has 3 heteroatoms. The largest absolute Gasteiger partial charge is 0.387 e. The zero-order valence-corrected chi connectivity index (χ0v) is 8.07. The van der Waals surface area contributed by atoms with E-state index in [1.807, 2.05) is 26.1 Å². The van der Waals surface area contributed by atoms with Crippen molar-refractivity contribution in [2.24, 2.45) is 0 Å². The molecule has 0 aliphatic carbocycles. The quantitative estimate of drug-likeness (QED) is 0.729. The third-order valence-corrected chi connectivity index (χ3v) is 2.22. The molecule has 0 aliphatic heterocycles. The van der Waals surface area contributed by atoms with Crippen LogP contribution in [0.2, 0.25) is 0 Å². The second kappa shape index (κ2) is 4.94. The number of likely N-dealkylation sites (N-methyl/N-ethyl adjacent to an activating group) is 1. The van der Waals surface area contributed by atoms with Crippen LogP contribution in [0.4, 0.5) is 0 Å². The van der Waals surface area contributed by atoms with Crippen LogP contribution >= 0.6 is 0 Å². The van der Waals surface area contributed by atoms with Gasteiger partial charge in [-0.25, -0.2) is 0 Å². The molecule has 3 nitrogen and oxygen atoms in total. The minimum absolute atomic E-state index is 0.101. The van der Waals surface area contributed by atoms with Crippen LogP contribution < -0.4 is 5.32 Å². The first-order valence-electron chi connectivity index (χ1n) is 4.54. The summed E-state index contributed by atoms with van der Waals surface area (Å²) >= 11 is 0. The highest BCUT2D eigenvalue weighted by atomic mass is 16.3. The van der Waals surface area contributed by atoms with E-state index in [1.165, 1.54) is 0 Å². The number of hydrogen-bond acceptors (Lipinski definition) is 3. The zero-order chi connectivity index (χ0) is 9.68. The van der Waals surface area contributed by atoms with Crippen LogP contribution in [0.1, 0.15) is 25.0 Å². The van der Waals surface area contributed by atoms with Crippen molar-refractivity contribution in [3.63, 3.8) is 0 Å². The fraction of sp³-hybridized carbons (Fsp3) is 0.500. The lowest BCUT2D eigenvalue weighted by Gasteiger charge is -2.20. The van der Waals surface area contributed by atoms with Gasteiger partial charge in [0.05, 0.1) is 6.10 Å². The number of pyridine rings is 1. The van der Waals surface area contributed by atoms with E-state index >= 15 is 0 Å². The molecular formula is C10H16N2O. The topological polar surface area (TPSA) is 45.1 Å². The Bertz CT molecular complexity index is 234. The maximum atomic E-state index is 9.88. The van der Waals surface area contributed by atoms with E-state index in [1.54, 1.807) is 12.4 Å². The van der Waals surface area contributed by atoms with Crippen molar-refractivity contribution >= 4 is 0 Å². The molecule has 1 heterocycles. The van der Waals surface area contributed by atoms with Crippen molar-refractivity contribution in [3.8, 4) is 0 Å². The van der Waals surface area contributed by atoms with Crippen LogP contribution in [0.15, 0.2) is 24.5 Å². The van der Waals surface area contributed by atoms with E-state index in [0.29, 0.717) is 0 Å². The summed E-state index contributed by atoms with van der Waals surface area (Å²) in [6, 6.07) is 3.82. The number of nitrogens with zero attached hydrogens (tertiary/aromatic N) is 1. The predicted octanol–water partition coefficient (Wildman–Crippen LogP) is 1.11. The maximum Gasteiger partial charge on any atom is 0.0957 e. The molecule has 72 valence electrons. The summed E-state index contributed by atoms with van der Waals surface area (Å²) in [5, 5.41) is 12.9. The third kappa shape index (κ3) is 2.50. The predicted molar refractivity (Wildman–Crippen MR) is 52.3 cm³/mol. The molecule has 0 fully saturated rings. The molecule has 0 saturated carbocycles. The number of nitrogens with one attached hydrogen (secondary N) is 1. The molecule has 0 amide bonds. The monoisotopic (exact) mass is 180 g/mol. The molecule has 13 heavy (non-hydrogen) atoms. The van der Waals surface area contributed by atoms with Crippen molar-refractivity contribution in [1.82, 2.24) is 10.3 Å². The molecular weight excluding hydrogens is 164 g/mol. The van der Waals surface area contributed by atoms with Crippen LogP contribution in [0.25, 0.3) is 0 Å². The fourth-order valence-corrected chi connectivity index (χ4v) is 1.37. The second-order valence-corrected chi connectivity index (χ2v) is 3.03. The van der Waals surface area contributed by atoms with E-state index < -0.39 is 6.10 Å². The molecule has 0 spiro atoms. The zero-order valence-electron chi connectivity index (χ0n) is 8.07. The summed E-state index contributed by atoms with van der Waals surface area (Å²) in [6.07, 6.45) is 3.83. The number of aromatic nitrogens is 1. The van der Waals surface area contributed by atoms with E-state index in [0.717, 1.165) is 12.0 Å². The van der Waals surface area contributed by atoms with Crippen LogP contribution in [0.3, 0.4) is 0 Å². The lowest BCUT2D eigenvalue weighted by atomic mass is 10.0. The van der Waals surface area contributed by atoms with Gasteiger partial charge in [-0.2, -0.15) is 0 Å². The normalized spacial score (nSPS) is 15.3. The Balaban J connectivity index is 2.72. The SMILES string of the molecule is CCC(NC)[C@H](O)c1cccnc1. The summed E-state index contributed by atoms with van der Waals surface area (Å²) in [7, 11) is 1.85. The van der Waals surface area contributed by atoms with Gasteiger partial charge in [-0.15, -0.1) is 0 Å². The molecule has 2 atom stereocenters. The van der Waals surface area contributed by atoms with Crippen molar-refractivity contribution in [2.75, 3.05) is 7.05 Å². The van der Waals surface area contributed by atoms with Gasteiger partial charge in [-0.3, -0.25) is 4.98 Å². The average Bonchev–Trinajstić information content (AvgIpc) is 2.21. The Morgan fingerprint density at radius 2 is 2.38 bits per heavy atom. The highest BCUT2D eigenvalue weighted by Crippen LogP contribution is 2.16. The first-order chi connectivity index (χ1) is 6.29. The Labute approximate surface area is 78.8 Å². The summed E-state index contributed by atoms with van der Waals surface area (Å²) in [6.45, 7) is 2.04. The Morgan fingerprint density at radius 3 is 2.85 bits per heavy atom. The maximum absolute atomic E-state index is 9.88. The van der Waals surface area contributed by atoms with Gasteiger partial charge in [-0.05, 0) is 19.5 Å². The number of hydrogen-bond donors (Lipinski definition) is 2. The van der Waals surface area contributed by atoms with Crippen LogP contribution in [0.5, 0.6) is 0 Å². The molecule has 1 aromatic rings. The lowest BCUT2D eigenvalue weighted by Crippen LogP contribution is -2.31. The highest BCUT2D eigenvalue weighted by molar-refractivity contribution is 5.13. The highest BCUT2D eigenvalue weighted by Gasteiger charge is 2.16. The number of aliphatic hydroxyl groups excluding tert-OH is 1. The molecule has 1 aromatic heterocycles. The first kappa shape index (κ1) is 10.2. The third-order valence-electron chi connectivity index (χ3n) is 2.22. The standard InChI is InChI=1S/C10H16N2O/c1-3-9(11-2)10(13)8-5-4-6-12-7-8/h4-7,9-11,13H,3H2,1-2H3/t9?,10-/m1/s1. The molecule has 2 N–H and O–H groups in total. The van der Waals surface area contributed by atoms with Gasteiger partial charge in [0, 0.05) is 24.0 Å². The minimum atomic E-state index is -0.469. The Morgan fingerprint density at radius 1 is 1.62 bits per heavy atom. The second-order valence-electron chi connectivity index (χ2n) is 3.03. The van der Waals surface area contributed by atoms with Crippen molar-refractivity contribution in [3.05, 3.63) is 30.1 Å². The summed E-state index contributed by atoms with van der Waals surface area (Å²) in [5.74, 6) is 0. The van der Waals surface area contributed by atoms with Gasteiger partial charge in [0.1, 0.15) is 0 Å². The Hall–Kier alpha value is -0.930. The first-order valence-corrected chi connectivity index (χ1v) is 4.54. The van der Waals surface area contributed by atoms with Gasteiger partial charge in [0.25, 0.3) is 0 Å². The van der Waals surface area contributed by atoms with E-state index in [2.05, 4.69) is 10.3 Å². The number of rotatable bonds is 4. The van der Waals surface area contributed by atoms with Gasteiger partial charge < -0.3 is 10.4 Å². The van der Waals surface area contributed by atoms with Crippen molar-refractivity contribution in [1.29, 1.82) is 0 Å². The molecule has 1 rings (SSSR count). The summed E-state index contributed by atoms with van der Waals surface area (Å²) < 4.78 is 0. The van der Waals surface area contributed by atoms with E-state index in [9.17, 15) is 5.11 Å². The van der Waals surface area contributed by atoms with Crippen molar-refractivity contribution in [2.45, 2.75) is 25.5 Å². The molecule has 0 radical (unpaired) electrons. The lowest BCUT2D eigenvalue weighted by molar-refractivity contribution is 0.130. The summed E-state index contributed by atoms with van der Waals surface area (Å²) in [4.78, 5) is 3.97. The molecule has 0 saturated heterocycles. The molecule has 0 aliphatic rings. The van der Waals surface area contributed by atoms with Gasteiger partial charge in [0.15, 0.2) is 0 Å². The smallest absolute Gasteiger partial charge is 0.0957 e. The fourth-order valence-electron chi connectivity index (χ4n) is 1.37. The van der Waals surface area contributed by atoms with E-state index in [-0.39, 0.29) is 6.04 Å².